The number of carbonyl (C=O) groups is 2. The van der Waals surface area contributed by atoms with Crippen molar-refractivity contribution in [2.75, 3.05) is 18.5 Å². The first-order chi connectivity index (χ1) is 8.13. The van der Waals surface area contributed by atoms with Crippen molar-refractivity contribution in [3.8, 4) is 0 Å². The second-order valence-corrected chi connectivity index (χ2v) is 3.59. The minimum absolute atomic E-state index is 0.0102. The van der Waals surface area contributed by atoms with Crippen LogP contribution in [0.5, 0.6) is 0 Å². The molecule has 92 valence electrons. The van der Waals surface area contributed by atoms with Gasteiger partial charge in [-0.1, -0.05) is 0 Å². The Morgan fingerprint density at radius 1 is 1.24 bits per heavy atom. The van der Waals surface area contributed by atoms with E-state index in [2.05, 4.69) is 10.6 Å². The Balaban J connectivity index is 2.46. The average Bonchev–Trinajstić information content (AvgIpc) is 2.30. The maximum atomic E-state index is 11.3. The van der Waals surface area contributed by atoms with Gasteiger partial charge in [-0.3, -0.25) is 4.79 Å². The number of urea groups is 1. The van der Waals surface area contributed by atoms with Crippen LogP contribution in [0.1, 0.15) is 23.7 Å². The Morgan fingerprint density at radius 3 is 2.41 bits per heavy atom. The van der Waals surface area contributed by atoms with Crippen LogP contribution in [0.4, 0.5) is 10.5 Å². The van der Waals surface area contributed by atoms with Crippen molar-refractivity contribution >= 4 is 17.5 Å². The minimum atomic E-state index is -0.325. The molecular formula is C12H16N2O3. The van der Waals surface area contributed by atoms with Crippen molar-refractivity contribution in [3.05, 3.63) is 29.8 Å². The maximum Gasteiger partial charge on any atom is 0.319 e. The molecule has 0 aliphatic carbocycles. The fourth-order valence-electron chi connectivity index (χ4n) is 1.24. The first-order valence-electron chi connectivity index (χ1n) is 5.40. The highest BCUT2D eigenvalue weighted by atomic mass is 16.3. The number of carbonyl (C=O) groups excluding carboxylic acids is 2. The molecule has 17 heavy (non-hydrogen) atoms. The molecule has 0 aliphatic heterocycles. The highest BCUT2D eigenvalue weighted by Gasteiger charge is 2.02. The Kier molecular flexibility index (Phi) is 5.16. The number of rotatable bonds is 5. The smallest absolute Gasteiger partial charge is 0.319 e. The highest BCUT2D eigenvalue weighted by molar-refractivity contribution is 5.95. The largest absolute Gasteiger partial charge is 0.396 e. The van der Waals surface area contributed by atoms with E-state index in [1.807, 2.05) is 0 Å². The fourth-order valence-corrected chi connectivity index (χ4v) is 1.24. The topological polar surface area (TPSA) is 78.4 Å². The lowest BCUT2D eigenvalue weighted by molar-refractivity contribution is 0.101. The van der Waals surface area contributed by atoms with Crippen LogP contribution in [-0.2, 0) is 0 Å². The van der Waals surface area contributed by atoms with Gasteiger partial charge in [0.1, 0.15) is 0 Å². The number of ketones is 1. The van der Waals surface area contributed by atoms with Gasteiger partial charge in [0.2, 0.25) is 0 Å². The quantitative estimate of drug-likeness (QED) is 0.534. The lowest BCUT2D eigenvalue weighted by Crippen LogP contribution is -2.29. The van der Waals surface area contributed by atoms with E-state index < -0.39 is 0 Å². The molecule has 0 atom stereocenters. The molecule has 1 aromatic rings. The van der Waals surface area contributed by atoms with Crippen molar-refractivity contribution in [1.82, 2.24) is 5.32 Å². The number of nitrogens with one attached hydrogen (secondary N) is 2. The lowest BCUT2D eigenvalue weighted by Gasteiger charge is -2.07. The van der Waals surface area contributed by atoms with Crippen LogP contribution in [0.2, 0.25) is 0 Å². The van der Waals surface area contributed by atoms with E-state index in [9.17, 15) is 9.59 Å². The van der Waals surface area contributed by atoms with Gasteiger partial charge in [0, 0.05) is 24.4 Å². The van der Waals surface area contributed by atoms with Crippen LogP contribution in [-0.4, -0.2) is 30.1 Å². The van der Waals surface area contributed by atoms with Gasteiger partial charge in [-0.15, -0.1) is 0 Å². The Hall–Kier alpha value is -1.88. The Labute approximate surface area is 99.8 Å². The molecule has 0 spiro atoms. The first-order valence-corrected chi connectivity index (χ1v) is 5.40. The standard InChI is InChI=1S/C12H16N2O3/c1-9(16)10-3-5-11(6-4-10)14-12(17)13-7-2-8-15/h3-6,15H,2,7-8H2,1H3,(H2,13,14,17). The van der Waals surface area contributed by atoms with Crippen molar-refractivity contribution in [2.45, 2.75) is 13.3 Å². The lowest BCUT2D eigenvalue weighted by atomic mass is 10.1. The van der Waals surface area contributed by atoms with E-state index in [1.165, 1.54) is 6.92 Å². The summed E-state index contributed by atoms with van der Waals surface area (Å²) in [6, 6.07) is 6.33. The van der Waals surface area contributed by atoms with Gasteiger partial charge in [-0.25, -0.2) is 4.79 Å². The van der Waals surface area contributed by atoms with E-state index in [0.717, 1.165) is 0 Å². The van der Waals surface area contributed by atoms with Crippen molar-refractivity contribution in [1.29, 1.82) is 0 Å². The minimum Gasteiger partial charge on any atom is -0.396 e. The number of aliphatic hydroxyl groups is 1. The van der Waals surface area contributed by atoms with Crippen molar-refractivity contribution in [2.24, 2.45) is 0 Å². The summed E-state index contributed by atoms with van der Waals surface area (Å²) in [5, 5.41) is 13.8. The number of hydrogen-bond donors (Lipinski definition) is 3. The molecule has 0 radical (unpaired) electrons. The Bertz CT molecular complexity index is 387. The molecule has 0 bridgehead atoms. The number of anilines is 1. The van der Waals surface area contributed by atoms with E-state index in [0.29, 0.717) is 24.2 Å². The van der Waals surface area contributed by atoms with Gasteiger partial charge in [0.05, 0.1) is 0 Å². The number of aliphatic hydroxyl groups excluding tert-OH is 1. The summed E-state index contributed by atoms with van der Waals surface area (Å²) in [6.45, 7) is 1.96. The predicted molar refractivity (Wildman–Crippen MR) is 65.2 cm³/mol. The molecule has 2 amide bonds. The second-order valence-electron chi connectivity index (χ2n) is 3.59. The van der Waals surface area contributed by atoms with Gasteiger partial charge in [0.25, 0.3) is 0 Å². The molecule has 1 rings (SSSR count). The molecule has 3 N–H and O–H groups in total. The Morgan fingerprint density at radius 2 is 1.88 bits per heavy atom. The second kappa shape index (κ2) is 6.65. The number of hydrogen-bond acceptors (Lipinski definition) is 3. The molecule has 0 fully saturated rings. The van der Waals surface area contributed by atoms with Gasteiger partial charge in [-0.05, 0) is 37.6 Å². The molecule has 1 aromatic carbocycles. The zero-order chi connectivity index (χ0) is 12.7. The van der Waals surface area contributed by atoms with Gasteiger partial charge in [0.15, 0.2) is 5.78 Å². The predicted octanol–water partition coefficient (Wildman–Crippen LogP) is 1.39. The first kappa shape index (κ1) is 13.2. The summed E-state index contributed by atoms with van der Waals surface area (Å²) in [5.41, 5.74) is 1.23. The van der Waals surface area contributed by atoms with E-state index >= 15 is 0 Å². The molecule has 0 heterocycles. The van der Waals surface area contributed by atoms with Gasteiger partial charge < -0.3 is 15.7 Å². The van der Waals surface area contributed by atoms with E-state index in [4.69, 9.17) is 5.11 Å². The van der Waals surface area contributed by atoms with E-state index in [1.54, 1.807) is 24.3 Å². The van der Waals surface area contributed by atoms with Crippen LogP contribution in [0.15, 0.2) is 24.3 Å². The molecule has 0 aliphatic rings. The summed E-state index contributed by atoms with van der Waals surface area (Å²) in [4.78, 5) is 22.4. The van der Waals surface area contributed by atoms with Crippen LogP contribution in [0.3, 0.4) is 0 Å². The molecule has 5 heteroatoms. The molecule has 0 unspecified atom stereocenters. The summed E-state index contributed by atoms with van der Waals surface area (Å²) in [6.07, 6.45) is 0.524. The summed E-state index contributed by atoms with van der Waals surface area (Å²) < 4.78 is 0. The third kappa shape index (κ3) is 4.65. The van der Waals surface area contributed by atoms with Crippen LogP contribution < -0.4 is 10.6 Å². The summed E-state index contributed by atoms with van der Waals surface area (Å²) >= 11 is 0. The number of benzene rings is 1. The summed E-state index contributed by atoms with van der Waals surface area (Å²) in [5.74, 6) is -0.0102. The summed E-state index contributed by atoms with van der Waals surface area (Å²) in [7, 11) is 0. The molecule has 5 nitrogen and oxygen atoms in total. The number of Topliss-reactive ketones (excluding diaryl/α,β-unsaturated/α-hetero) is 1. The monoisotopic (exact) mass is 236 g/mol. The maximum absolute atomic E-state index is 11.3. The van der Waals surface area contributed by atoms with Gasteiger partial charge >= 0.3 is 6.03 Å². The average molecular weight is 236 g/mol. The van der Waals surface area contributed by atoms with Crippen molar-refractivity contribution in [3.63, 3.8) is 0 Å². The van der Waals surface area contributed by atoms with Crippen LogP contribution in [0.25, 0.3) is 0 Å². The SMILES string of the molecule is CC(=O)c1ccc(NC(=O)NCCCO)cc1. The third-order valence-electron chi connectivity index (χ3n) is 2.17. The van der Waals surface area contributed by atoms with Crippen molar-refractivity contribution < 1.29 is 14.7 Å². The fraction of sp³-hybridized carbons (Fsp3) is 0.333. The molecule has 0 saturated heterocycles. The van der Waals surface area contributed by atoms with Gasteiger partial charge in [-0.2, -0.15) is 0 Å². The number of amides is 2. The highest BCUT2D eigenvalue weighted by Crippen LogP contribution is 2.09. The molecule has 0 saturated carbocycles. The van der Waals surface area contributed by atoms with Crippen LogP contribution >= 0.6 is 0 Å². The van der Waals surface area contributed by atoms with Crippen LogP contribution in [0, 0.1) is 0 Å². The zero-order valence-corrected chi connectivity index (χ0v) is 9.69. The molecule has 0 aromatic heterocycles. The normalized spacial score (nSPS) is 9.76. The zero-order valence-electron chi connectivity index (χ0n) is 9.69. The molecular weight excluding hydrogens is 220 g/mol. The van der Waals surface area contributed by atoms with E-state index in [-0.39, 0.29) is 18.4 Å². The third-order valence-corrected chi connectivity index (χ3v) is 2.17.